The van der Waals surface area contributed by atoms with Crippen molar-refractivity contribution < 1.29 is 14.4 Å². The number of hydrogen-bond donors (Lipinski definition) is 0. The summed E-state index contributed by atoms with van der Waals surface area (Å²) in [7, 11) is -2.53. The Morgan fingerprint density at radius 3 is 1.24 bits per heavy atom. The molecule has 144 valence electrons. The predicted octanol–water partition coefficient (Wildman–Crippen LogP) is 7.59. The summed E-state index contributed by atoms with van der Waals surface area (Å²) in [5.41, 5.74) is 0. The third kappa shape index (κ3) is 3.94. The molecule has 0 heterocycles. The first kappa shape index (κ1) is 21.2. The summed E-state index contributed by atoms with van der Waals surface area (Å²) < 4.78 is 3.46. The number of rotatable bonds is 10. The second-order valence-corrected chi connectivity index (χ2v) is 19.4. The molecule has 2 aliphatic rings. The first-order valence-electron chi connectivity index (χ1n) is 10.4. The van der Waals surface area contributed by atoms with Gasteiger partial charge in [0.05, 0.1) is 0 Å². The zero-order chi connectivity index (χ0) is 18.5. The fraction of sp³-hybridized carbons (Fsp3) is 0.636. The van der Waals surface area contributed by atoms with Gasteiger partial charge in [0.15, 0.2) is 0 Å². The van der Waals surface area contributed by atoms with Gasteiger partial charge in [-0.2, -0.15) is 0 Å². The van der Waals surface area contributed by atoms with Crippen LogP contribution in [0.25, 0.3) is 0 Å². The molecule has 0 atom stereocenters. The quantitative estimate of drug-likeness (QED) is 0.321. The second kappa shape index (κ2) is 9.20. The third-order valence-corrected chi connectivity index (χ3v) is 20.4. The van der Waals surface area contributed by atoms with E-state index in [-0.39, 0.29) is 0 Å². The molecule has 0 aromatic carbocycles. The number of hydrogen-bond acceptors (Lipinski definition) is 0. The van der Waals surface area contributed by atoms with Gasteiger partial charge in [0, 0.05) is 0 Å². The fourth-order valence-corrected chi connectivity index (χ4v) is 15.4. The Kier molecular flexibility index (Phi) is 7.79. The van der Waals surface area contributed by atoms with E-state index in [1.54, 1.807) is 19.5 Å². The minimum absolute atomic E-state index is 1.19. The van der Waals surface area contributed by atoms with E-state index in [0.29, 0.717) is 0 Å². The molecule has 0 nitrogen and oxygen atoms in total. The molecule has 0 bridgehead atoms. The molecule has 0 saturated carbocycles. The van der Waals surface area contributed by atoms with Crippen molar-refractivity contribution in [1.29, 1.82) is 0 Å². The van der Waals surface area contributed by atoms with E-state index in [9.17, 15) is 0 Å². The molecular weight excluding hydrogens is 379 g/mol. The zero-order valence-corrected chi connectivity index (χ0v) is 20.3. The molecule has 0 saturated heterocycles. The van der Waals surface area contributed by atoms with Crippen LogP contribution < -0.4 is 0 Å². The van der Waals surface area contributed by atoms with Crippen LogP contribution in [-0.2, 0) is 14.4 Å². The van der Waals surface area contributed by atoms with Crippen molar-refractivity contribution in [2.45, 2.75) is 90.6 Å². The van der Waals surface area contributed by atoms with Gasteiger partial charge in [-0.3, -0.25) is 0 Å². The van der Waals surface area contributed by atoms with E-state index in [0.717, 1.165) is 0 Å². The number of allylic oxidation sites excluding steroid dienone is 8. The van der Waals surface area contributed by atoms with Gasteiger partial charge in [0.1, 0.15) is 0 Å². The van der Waals surface area contributed by atoms with Gasteiger partial charge in [0.2, 0.25) is 0 Å². The van der Waals surface area contributed by atoms with E-state index < -0.39 is 16.1 Å². The summed E-state index contributed by atoms with van der Waals surface area (Å²) >= 11 is 1.95. The average Bonchev–Trinajstić information content (AvgIpc) is 3.31. The van der Waals surface area contributed by atoms with E-state index in [4.69, 9.17) is 0 Å². The molecular formula is C22H38NiSi2. The molecule has 2 aliphatic carbocycles. The molecule has 0 N–H and O–H groups in total. The van der Waals surface area contributed by atoms with Crippen molar-refractivity contribution in [3.8, 4) is 0 Å². The van der Waals surface area contributed by atoms with Crippen LogP contribution in [0.15, 0.2) is 43.8 Å². The van der Waals surface area contributed by atoms with Gasteiger partial charge < -0.3 is 0 Å². The molecule has 0 aliphatic heterocycles. The summed E-state index contributed by atoms with van der Waals surface area (Å²) in [6.45, 7) is 14.6. The van der Waals surface area contributed by atoms with Crippen LogP contribution in [0.4, 0.5) is 0 Å². The van der Waals surface area contributed by atoms with Crippen LogP contribution in [0.3, 0.4) is 0 Å². The molecule has 0 aromatic rings. The van der Waals surface area contributed by atoms with Crippen molar-refractivity contribution in [1.82, 2.24) is 0 Å². The molecule has 0 aromatic heterocycles. The minimum atomic E-state index is -1.27. The van der Waals surface area contributed by atoms with Crippen LogP contribution >= 0.6 is 0 Å². The van der Waals surface area contributed by atoms with E-state index in [2.05, 4.69) is 65.8 Å². The van der Waals surface area contributed by atoms with Gasteiger partial charge in [-0.15, -0.1) is 0 Å². The van der Waals surface area contributed by atoms with Crippen molar-refractivity contribution in [3.63, 3.8) is 0 Å². The zero-order valence-electron chi connectivity index (χ0n) is 17.3. The first-order chi connectivity index (χ1) is 12.1. The molecule has 3 heteroatoms. The first-order valence-corrected chi connectivity index (χ1v) is 16.7. The Morgan fingerprint density at radius 1 is 0.640 bits per heavy atom. The summed E-state index contributed by atoms with van der Waals surface area (Å²) in [4.78, 5) is 0. The van der Waals surface area contributed by atoms with Crippen LogP contribution in [0.5, 0.6) is 0 Å². The van der Waals surface area contributed by atoms with Gasteiger partial charge in [-0.1, -0.05) is 0 Å². The van der Waals surface area contributed by atoms with Crippen LogP contribution in [0.1, 0.15) is 54.4 Å². The molecule has 25 heavy (non-hydrogen) atoms. The predicted molar refractivity (Wildman–Crippen MR) is 116 cm³/mol. The molecule has 0 radical (unpaired) electrons. The monoisotopic (exact) mass is 416 g/mol. The fourth-order valence-electron chi connectivity index (χ4n) is 4.74. The molecule has 0 amide bonds. The Balaban J connectivity index is 2.40. The SMILES string of the molecule is CC[Si](CC)(CC)C1=[C]([Ni][C]2=C([Si](CC)(CC)CC)C=CC2)CC=C1. The molecule has 0 fully saturated rings. The normalized spacial score (nSPS) is 18.3. The standard InChI is InChI=1S/2C11H19Si.Ni/c2*1-4-12(5-2,6-3)11-9-7-8-10-11;/h2*7,9H,4-6,8H2,1-3H3;. The maximum atomic E-state index is 2.52. The van der Waals surface area contributed by atoms with Crippen LogP contribution in [-0.4, -0.2) is 16.1 Å². The summed E-state index contributed by atoms with van der Waals surface area (Å²) in [5.74, 6) is 0. The topological polar surface area (TPSA) is 0 Å². The average molecular weight is 417 g/mol. The van der Waals surface area contributed by atoms with Gasteiger partial charge >= 0.3 is 165 Å². The second-order valence-electron chi connectivity index (χ2n) is 7.54. The summed E-state index contributed by atoms with van der Waals surface area (Å²) in [6.07, 6.45) is 12.3. The van der Waals surface area contributed by atoms with E-state index in [1.807, 2.05) is 14.4 Å². The maximum absolute atomic E-state index is 2.52. The van der Waals surface area contributed by atoms with E-state index in [1.165, 1.54) is 49.1 Å². The van der Waals surface area contributed by atoms with E-state index >= 15 is 0 Å². The Bertz CT molecular complexity index is 519. The Labute approximate surface area is 164 Å². The van der Waals surface area contributed by atoms with Crippen molar-refractivity contribution in [2.75, 3.05) is 0 Å². The summed E-state index contributed by atoms with van der Waals surface area (Å²) in [5, 5.41) is 3.60. The van der Waals surface area contributed by atoms with Crippen LogP contribution in [0.2, 0.25) is 36.3 Å². The van der Waals surface area contributed by atoms with Crippen molar-refractivity contribution >= 4 is 16.1 Å². The molecule has 0 unspecified atom stereocenters. The van der Waals surface area contributed by atoms with Gasteiger partial charge in [-0.25, -0.2) is 0 Å². The van der Waals surface area contributed by atoms with Gasteiger partial charge in [0.25, 0.3) is 0 Å². The third-order valence-electron chi connectivity index (χ3n) is 7.08. The van der Waals surface area contributed by atoms with Crippen molar-refractivity contribution in [2.24, 2.45) is 0 Å². The van der Waals surface area contributed by atoms with Crippen molar-refractivity contribution in [3.05, 3.63) is 43.8 Å². The molecule has 2 rings (SSSR count). The van der Waals surface area contributed by atoms with Gasteiger partial charge in [-0.05, 0) is 0 Å². The Morgan fingerprint density at radius 2 is 0.960 bits per heavy atom. The summed E-state index contributed by atoms with van der Waals surface area (Å²) in [6, 6.07) is 8.39. The Hall–Kier alpha value is -0.113. The molecule has 0 spiro atoms. The van der Waals surface area contributed by atoms with Crippen LogP contribution in [0, 0.1) is 0 Å².